The molecule has 3 rings (SSSR count). The molecule has 0 bridgehead atoms. The topological polar surface area (TPSA) is 82.8 Å². The first kappa shape index (κ1) is 19.6. The number of ether oxygens (including phenoxy) is 2. The molecule has 1 fully saturated rings. The predicted molar refractivity (Wildman–Crippen MR) is 105 cm³/mol. The van der Waals surface area contributed by atoms with Gasteiger partial charge in [0.05, 0.1) is 25.3 Å². The molecule has 1 N–H and O–H groups in total. The third-order valence-electron chi connectivity index (χ3n) is 5.40. The van der Waals surface area contributed by atoms with E-state index in [0.717, 1.165) is 17.7 Å². The van der Waals surface area contributed by atoms with Crippen LogP contribution in [0.15, 0.2) is 48.5 Å². The van der Waals surface area contributed by atoms with Crippen molar-refractivity contribution in [2.75, 3.05) is 26.8 Å². The van der Waals surface area contributed by atoms with Crippen LogP contribution in [0.2, 0.25) is 0 Å². The van der Waals surface area contributed by atoms with Crippen LogP contribution in [0.4, 0.5) is 4.79 Å². The van der Waals surface area contributed by atoms with Crippen molar-refractivity contribution in [2.45, 2.75) is 19.3 Å². The molecule has 146 valence electrons. The van der Waals surface area contributed by atoms with Gasteiger partial charge in [-0.15, -0.1) is 0 Å². The smallest absolute Gasteiger partial charge is 0.407 e. The third-order valence-corrected chi connectivity index (χ3v) is 5.40. The molecular weight excluding hydrogens is 356 g/mol. The highest BCUT2D eigenvalue weighted by Crippen LogP contribution is 2.43. The average molecular weight is 380 g/mol. The molecule has 0 saturated carbocycles. The van der Waals surface area contributed by atoms with Crippen LogP contribution in [0.5, 0.6) is 11.5 Å². The zero-order chi connectivity index (χ0) is 20.1. The Kier molecular flexibility index (Phi) is 5.74. The molecule has 1 heterocycles. The van der Waals surface area contributed by atoms with Crippen molar-refractivity contribution in [1.29, 1.82) is 5.26 Å². The molecule has 1 aliphatic rings. The van der Waals surface area contributed by atoms with Crippen molar-refractivity contribution in [3.05, 3.63) is 59.7 Å². The summed E-state index contributed by atoms with van der Waals surface area (Å²) in [4.78, 5) is 13.0. The monoisotopic (exact) mass is 380 g/mol. The van der Waals surface area contributed by atoms with Gasteiger partial charge in [-0.1, -0.05) is 25.1 Å². The van der Waals surface area contributed by atoms with Crippen LogP contribution < -0.4 is 9.47 Å². The summed E-state index contributed by atoms with van der Waals surface area (Å²) in [5.41, 5.74) is 1.27. The second-order valence-corrected chi connectivity index (χ2v) is 7.40. The summed E-state index contributed by atoms with van der Waals surface area (Å²) in [7, 11) is 1.63. The zero-order valence-electron chi connectivity index (χ0n) is 16.1. The largest absolute Gasteiger partial charge is 0.497 e. The lowest BCUT2D eigenvalue weighted by atomic mass is 9.69. The van der Waals surface area contributed by atoms with E-state index in [4.69, 9.17) is 14.7 Å². The number of methoxy groups -OCH3 is 1. The molecule has 1 aliphatic heterocycles. The first-order valence-corrected chi connectivity index (χ1v) is 9.20. The number of nitrogens with zero attached hydrogens (tertiary/aromatic N) is 2. The second kappa shape index (κ2) is 8.22. The van der Waals surface area contributed by atoms with Crippen molar-refractivity contribution in [2.24, 2.45) is 5.41 Å². The summed E-state index contributed by atoms with van der Waals surface area (Å²) in [6.45, 7) is 3.29. The molecular formula is C22H24N2O4. The SMILES string of the molecule is COc1ccc(C2CCN(C(=O)O)CC2(C)COc2cccc(C#N)c2)cc1. The highest BCUT2D eigenvalue weighted by atomic mass is 16.5. The lowest BCUT2D eigenvalue weighted by Crippen LogP contribution is -2.50. The van der Waals surface area contributed by atoms with E-state index in [-0.39, 0.29) is 5.92 Å². The standard InChI is InChI=1S/C22H24N2O4/c1-22(15-28-19-5-3-4-16(12-19)13-23)14-24(21(25)26)11-10-20(22)17-6-8-18(27-2)9-7-17/h3-9,12,20H,10-11,14-15H2,1-2H3,(H,25,26). The van der Waals surface area contributed by atoms with Crippen LogP contribution in [0.25, 0.3) is 0 Å². The van der Waals surface area contributed by atoms with E-state index < -0.39 is 11.5 Å². The maximum atomic E-state index is 11.6. The van der Waals surface area contributed by atoms with E-state index in [1.54, 1.807) is 25.3 Å². The normalized spacial score (nSPS) is 21.6. The van der Waals surface area contributed by atoms with E-state index in [1.807, 2.05) is 30.3 Å². The number of hydrogen-bond donors (Lipinski definition) is 1. The first-order valence-electron chi connectivity index (χ1n) is 9.20. The van der Waals surface area contributed by atoms with E-state index >= 15 is 0 Å². The first-order chi connectivity index (χ1) is 13.4. The van der Waals surface area contributed by atoms with Crippen molar-refractivity contribution in [1.82, 2.24) is 4.90 Å². The van der Waals surface area contributed by atoms with Gasteiger partial charge in [0, 0.05) is 18.5 Å². The molecule has 0 aliphatic carbocycles. The van der Waals surface area contributed by atoms with Gasteiger partial charge in [-0.2, -0.15) is 5.26 Å². The van der Waals surface area contributed by atoms with E-state index in [9.17, 15) is 9.90 Å². The quantitative estimate of drug-likeness (QED) is 0.844. The van der Waals surface area contributed by atoms with Crippen LogP contribution in [-0.2, 0) is 0 Å². The molecule has 2 aromatic rings. The van der Waals surface area contributed by atoms with Gasteiger partial charge in [-0.05, 0) is 48.2 Å². The van der Waals surface area contributed by atoms with E-state index in [1.165, 1.54) is 4.90 Å². The average Bonchev–Trinajstić information content (AvgIpc) is 2.72. The molecule has 2 aromatic carbocycles. The number of carboxylic acid groups (broad SMARTS) is 1. The fourth-order valence-corrected chi connectivity index (χ4v) is 3.88. The number of benzene rings is 2. The number of rotatable bonds is 5. The number of hydrogen-bond acceptors (Lipinski definition) is 4. The van der Waals surface area contributed by atoms with E-state index in [2.05, 4.69) is 13.0 Å². The third kappa shape index (κ3) is 4.20. The number of nitriles is 1. The Morgan fingerprint density at radius 3 is 2.68 bits per heavy atom. The molecule has 6 heteroatoms. The molecule has 1 amide bonds. The second-order valence-electron chi connectivity index (χ2n) is 7.40. The Bertz CT molecular complexity index is 875. The Morgan fingerprint density at radius 2 is 2.04 bits per heavy atom. The van der Waals surface area contributed by atoms with Gasteiger partial charge in [-0.25, -0.2) is 4.79 Å². The molecule has 6 nitrogen and oxygen atoms in total. The fraction of sp³-hybridized carbons (Fsp3) is 0.364. The van der Waals surface area contributed by atoms with Gasteiger partial charge in [0.25, 0.3) is 0 Å². The van der Waals surface area contributed by atoms with Crippen LogP contribution in [0, 0.1) is 16.7 Å². The van der Waals surface area contributed by atoms with Crippen molar-refractivity contribution in [3.8, 4) is 17.6 Å². The molecule has 0 radical (unpaired) electrons. The van der Waals surface area contributed by atoms with Gasteiger partial charge in [0.2, 0.25) is 0 Å². The summed E-state index contributed by atoms with van der Waals surface area (Å²) in [5, 5.41) is 18.6. The lowest BCUT2D eigenvalue weighted by Gasteiger charge is -2.45. The molecule has 0 spiro atoms. The maximum absolute atomic E-state index is 11.6. The van der Waals surface area contributed by atoms with Crippen LogP contribution in [0.3, 0.4) is 0 Å². The summed E-state index contributed by atoms with van der Waals surface area (Å²) in [6, 6.07) is 17.0. The number of carbonyl (C=O) groups is 1. The van der Waals surface area contributed by atoms with Gasteiger partial charge in [0.1, 0.15) is 11.5 Å². The van der Waals surface area contributed by atoms with Crippen LogP contribution in [0.1, 0.15) is 30.4 Å². The van der Waals surface area contributed by atoms with Gasteiger partial charge in [-0.3, -0.25) is 0 Å². The summed E-state index contributed by atoms with van der Waals surface area (Å²) >= 11 is 0. The minimum absolute atomic E-state index is 0.146. The Morgan fingerprint density at radius 1 is 1.29 bits per heavy atom. The maximum Gasteiger partial charge on any atom is 0.407 e. The molecule has 2 atom stereocenters. The number of likely N-dealkylation sites (tertiary alicyclic amines) is 1. The van der Waals surface area contributed by atoms with Gasteiger partial charge in [0.15, 0.2) is 0 Å². The number of amides is 1. The van der Waals surface area contributed by atoms with Crippen LogP contribution in [-0.4, -0.2) is 42.9 Å². The highest BCUT2D eigenvalue weighted by molar-refractivity contribution is 5.65. The highest BCUT2D eigenvalue weighted by Gasteiger charge is 2.42. The predicted octanol–water partition coefficient (Wildman–Crippen LogP) is 4.12. The summed E-state index contributed by atoms with van der Waals surface area (Å²) < 4.78 is 11.3. The lowest BCUT2D eigenvalue weighted by molar-refractivity contribution is 0.0370. The molecule has 1 saturated heterocycles. The Balaban J connectivity index is 1.84. The fourth-order valence-electron chi connectivity index (χ4n) is 3.88. The van der Waals surface area contributed by atoms with Crippen LogP contribution >= 0.6 is 0 Å². The number of piperidine rings is 1. The summed E-state index contributed by atoms with van der Waals surface area (Å²) in [6.07, 6.45) is -0.192. The Hall–Kier alpha value is -3.20. The molecule has 0 aromatic heterocycles. The van der Waals surface area contributed by atoms with E-state index in [0.29, 0.717) is 31.0 Å². The van der Waals surface area contributed by atoms with Gasteiger partial charge >= 0.3 is 6.09 Å². The minimum Gasteiger partial charge on any atom is -0.497 e. The Labute approximate surface area is 164 Å². The van der Waals surface area contributed by atoms with Crippen molar-refractivity contribution < 1.29 is 19.4 Å². The zero-order valence-corrected chi connectivity index (χ0v) is 16.1. The van der Waals surface area contributed by atoms with Crippen molar-refractivity contribution in [3.63, 3.8) is 0 Å². The van der Waals surface area contributed by atoms with Crippen molar-refractivity contribution >= 4 is 6.09 Å². The summed E-state index contributed by atoms with van der Waals surface area (Å²) in [5.74, 6) is 1.55. The van der Waals surface area contributed by atoms with Gasteiger partial charge < -0.3 is 19.5 Å². The molecule has 28 heavy (non-hydrogen) atoms. The minimum atomic E-state index is -0.911. The molecule has 2 unspecified atom stereocenters.